The first-order valence-corrected chi connectivity index (χ1v) is 11.7. The van der Waals surface area contributed by atoms with Crippen molar-refractivity contribution in [3.05, 3.63) is 53.6 Å². The number of ether oxygens (including phenoxy) is 2. The van der Waals surface area contributed by atoms with Crippen LogP contribution in [0.15, 0.2) is 42.5 Å². The highest BCUT2D eigenvalue weighted by Crippen LogP contribution is 2.40. The van der Waals surface area contributed by atoms with Crippen molar-refractivity contribution >= 4 is 32.2 Å². The molecule has 0 radical (unpaired) electrons. The number of carbonyl (C=O) groups is 1. The first kappa shape index (κ1) is 21.7. The number of hydrogen-bond donors (Lipinski definition) is 1. The fraction of sp³-hybridized carbons (Fsp3) is 0.400. The van der Waals surface area contributed by atoms with Gasteiger partial charge in [0.15, 0.2) is 5.78 Å². The maximum Gasteiger partial charge on any atom is 0.196 e. The van der Waals surface area contributed by atoms with Gasteiger partial charge in [-0.3, -0.25) is 4.79 Å². The van der Waals surface area contributed by atoms with Crippen LogP contribution in [0.4, 0.5) is 5.00 Å². The number of fused-ring (bicyclic) bond motifs is 1. The second kappa shape index (κ2) is 9.71. The molecule has 1 N–H and O–H groups in total. The molecular weight excluding hydrogens is 408 g/mol. The third-order valence-electron chi connectivity index (χ3n) is 5.78. The summed E-state index contributed by atoms with van der Waals surface area (Å²) < 4.78 is 12.3. The average Bonchev–Trinajstić information content (AvgIpc) is 3.19. The smallest absolute Gasteiger partial charge is 0.196 e. The van der Waals surface area contributed by atoms with Crippen LogP contribution >= 0.6 is 11.3 Å². The van der Waals surface area contributed by atoms with Crippen molar-refractivity contribution in [2.24, 2.45) is 0 Å². The highest BCUT2D eigenvalue weighted by Gasteiger charge is 2.22. The molecule has 0 spiro atoms. The Kier molecular flexibility index (Phi) is 6.78. The van der Waals surface area contributed by atoms with Gasteiger partial charge in [0.05, 0.1) is 19.3 Å². The van der Waals surface area contributed by atoms with E-state index in [-0.39, 0.29) is 5.78 Å². The van der Waals surface area contributed by atoms with Crippen LogP contribution in [0.1, 0.15) is 41.6 Å². The Labute approximate surface area is 188 Å². The van der Waals surface area contributed by atoms with Crippen LogP contribution in [0.3, 0.4) is 0 Å². The van der Waals surface area contributed by atoms with E-state index in [0.717, 1.165) is 45.1 Å². The lowest BCUT2D eigenvalue weighted by Gasteiger charge is -2.23. The van der Waals surface area contributed by atoms with E-state index in [1.165, 1.54) is 19.3 Å². The van der Waals surface area contributed by atoms with Gasteiger partial charge in [-0.05, 0) is 68.3 Å². The number of carbonyl (C=O) groups excluding carboxylic acids is 1. The minimum Gasteiger partial charge on any atom is -0.497 e. The van der Waals surface area contributed by atoms with Crippen molar-refractivity contribution in [1.82, 2.24) is 5.32 Å². The molecule has 1 aromatic heterocycles. The molecule has 1 saturated heterocycles. The van der Waals surface area contributed by atoms with Crippen molar-refractivity contribution in [2.45, 2.75) is 31.7 Å². The lowest BCUT2D eigenvalue weighted by atomic mass is 10.0. The van der Waals surface area contributed by atoms with Gasteiger partial charge in [-0.2, -0.15) is 0 Å². The van der Waals surface area contributed by atoms with Crippen molar-refractivity contribution in [1.29, 1.82) is 0 Å². The summed E-state index contributed by atoms with van der Waals surface area (Å²) in [7, 11) is 5.59. The number of hydrogen-bond acceptors (Lipinski definition) is 6. The van der Waals surface area contributed by atoms with Crippen molar-refractivity contribution < 1.29 is 14.3 Å². The van der Waals surface area contributed by atoms with E-state index in [1.807, 2.05) is 61.5 Å². The Morgan fingerprint density at radius 1 is 1.13 bits per heavy atom. The topological polar surface area (TPSA) is 50.8 Å². The van der Waals surface area contributed by atoms with Crippen LogP contribution in [0.5, 0.6) is 11.5 Å². The van der Waals surface area contributed by atoms with E-state index >= 15 is 0 Å². The number of ketones is 1. The van der Waals surface area contributed by atoms with Crippen molar-refractivity contribution in [2.75, 3.05) is 39.3 Å². The molecular formula is C25H30N2O3S. The predicted molar refractivity (Wildman–Crippen MR) is 128 cm³/mol. The molecule has 31 heavy (non-hydrogen) atoms. The zero-order valence-corrected chi connectivity index (χ0v) is 19.3. The second-order valence-electron chi connectivity index (χ2n) is 8.18. The van der Waals surface area contributed by atoms with Gasteiger partial charge in [0.25, 0.3) is 0 Å². The molecule has 5 nitrogen and oxygen atoms in total. The van der Waals surface area contributed by atoms with Gasteiger partial charge < -0.3 is 19.7 Å². The summed E-state index contributed by atoms with van der Waals surface area (Å²) in [4.78, 5) is 15.4. The molecule has 0 bridgehead atoms. The predicted octanol–water partition coefficient (Wildman–Crippen LogP) is 5.12. The summed E-state index contributed by atoms with van der Waals surface area (Å²) in [6.45, 7) is 1.80. The highest BCUT2D eigenvalue weighted by atomic mass is 32.1. The Morgan fingerprint density at radius 3 is 2.58 bits per heavy atom. The Morgan fingerprint density at radius 2 is 1.90 bits per heavy atom. The summed E-state index contributed by atoms with van der Waals surface area (Å²) >= 11 is 1.61. The van der Waals surface area contributed by atoms with Gasteiger partial charge in [0.2, 0.25) is 0 Å². The Balaban J connectivity index is 1.50. The second-order valence-corrected chi connectivity index (χ2v) is 9.21. The van der Waals surface area contributed by atoms with E-state index in [1.54, 1.807) is 18.4 Å². The number of nitrogens with one attached hydrogen (secondary N) is 1. The molecule has 1 unspecified atom stereocenters. The highest BCUT2D eigenvalue weighted by molar-refractivity contribution is 7.23. The summed E-state index contributed by atoms with van der Waals surface area (Å²) in [5.41, 5.74) is 1.41. The fourth-order valence-corrected chi connectivity index (χ4v) is 5.21. The molecule has 164 valence electrons. The van der Waals surface area contributed by atoms with Crippen LogP contribution in [-0.4, -0.2) is 46.2 Å². The minimum atomic E-state index is 0.0260. The van der Waals surface area contributed by atoms with E-state index in [4.69, 9.17) is 9.47 Å². The SMILES string of the molecule is COc1ccc2c(C(=O)c3ccc(OCCC4CCCCN4)cc3)c(N(C)C)sc2c1. The zero-order chi connectivity index (χ0) is 21.8. The molecule has 1 aliphatic heterocycles. The molecule has 1 atom stereocenters. The van der Waals surface area contributed by atoms with E-state index in [9.17, 15) is 4.79 Å². The third-order valence-corrected chi connectivity index (χ3v) is 7.10. The quantitative estimate of drug-likeness (QED) is 0.495. The van der Waals surface area contributed by atoms with Gasteiger partial charge in [-0.25, -0.2) is 0 Å². The summed E-state index contributed by atoms with van der Waals surface area (Å²) in [5.74, 6) is 1.63. The monoisotopic (exact) mass is 438 g/mol. The van der Waals surface area contributed by atoms with Crippen LogP contribution in [0.2, 0.25) is 0 Å². The summed E-state index contributed by atoms with van der Waals surface area (Å²) in [5, 5.41) is 5.46. The van der Waals surface area contributed by atoms with Gasteiger partial charge in [-0.1, -0.05) is 6.42 Å². The van der Waals surface area contributed by atoms with Crippen LogP contribution in [-0.2, 0) is 0 Å². The zero-order valence-electron chi connectivity index (χ0n) is 18.4. The van der Waals surface area contributed by atoms with Crippen molar-refractivity contribution in [3.63, 3.8) is 0 Å². The third kappa shape index (κ3) is 4.86. The molecule has 0 aliphatic carbocycles. The van der Waals surface area contributed by atoms with Gasteiger partial charge >= 0.3 is 0 Å². The molecule has 2 aromatic carbocycles. The van der Waals surface area contributed by atoms with Crippen molar-refractivity contribution in [3.8, 4) is 11.5 Å². The van der Waals surface area contributed by atoms with E-state index in [2.05, 4.69) is 5.32 Å². The van der Waals surface area contributed by atoms with Gasteiger partial charge in [-0.15, -0.1) is 11.3 Å². The van der Waals surface area contributed by atoms with Crippen LogP contribution in [0, 0.1) is 0 Å². The molecule has 4 rings (SSSR count). The molecule has 1 aliphatic rings. The number of rotatable bonds is 8. The standard InChI is InChI=1S/C25H30N2O3S/c1-27(2)25-23(21-12-11-20(29-3)16-22(21)31-25)24(28)17-7-9-19(10-8-17)30-15-13-18-6-4-5-14-26-18/h7-12,16,18,26H,4-6,13-15H2,1-3H3. The normalized spacial score (nSPS) is 16.3. The lowest BCUT2D eigenvalue weighted by molar-refractivity contribution is 0.104. The minimum absolute atomic E-state index is 0.0260. The maximum atomic E-state index is 13.4. The fourth-order valence-electron chi connectivity index (χ4n) is 4.06. The number of nitrogens with zero attached hydrogens (tertiary/aromatic N) is 1. The number of piperidine rings is 1. The number of benzene rings is 2. The summed E-state index contributed by atoms with van der Waals surface area (Å²) in [6.07, 6.45) is 4.81. The molecule has 0 amide bonds. The lowest BCUT2D eigenvalue weighted by Crippen LogP contribution is -2.35. The molecule has 1 fully saturated rings. The van der Waals surface area contributed by atoms with Gasteiger partial charge in [0, 0.05) is 35.8 Å². The first-order valence-electron chi connectivity index (χ1n) is 10.9. The number of thiophene rings is 1. The molecule has 2 heterocycles. The van der Waals surface area contributed by atoms with Gasteiger partial charge in [0.1, 0.15) is 16.5 Å². The Hall–Kier alpha value is -2.57. The molecule has 0 saturated carbocycles. The summed E-state index contributed by atoms with van der Waals surface area (Å²) in [6, 6.07) is 14.0. The average molecular weight is 439 g/mol. The largest absolute Gasteiger partial charge is 0.497 e. The first-order chi connectivity index (χ1) is 15.1. The maximum absolute atomic E-state index is 13.4. The molecule has 3 aromatic rings. The van der Waals surface area contributed by atoms with E-state index in [0.29, 0.717) is 18.2 Å². The van der Waals surface area contributed by atoms with Crippen LogP contribution < -0.4 is 19.7 Å². The number of methoxy groups -OCH3 is 1. The van der Waals surface area contributed by atoms with E-state index < -0.39 is 0 Å². The number of anilines is 1. The molecule has 6 heteroatoms. The Bertz CT molecular complexity index is 1040. The van der Waals surface area contributed by atoms with Crippen LogP contribution in [0.25, 0.3) is 10.1 Å².